The quantitative estimate of drug-likeness (QED) is 0.761. The lowest BCUT2D eigenvalue weighted by atomic mass is 9.89. The second-order valence-electron chi connectivity index (χ2n) is 6.24. The number of rotatable bonds is 3. The summed E-state index contributed by atoms with van der Waals surface area (Å²) in [4.78, 5) is 25.3. The molecule has 2 aliphatic rings. The fourth-order valence-corrected chi connectivity index (χ4v) is 3.04. The molecule has 0 bridgehead atoms. The van der Waals surface area contributed by atoms with E-state index < -0.39 is 5.41 Å². The maximum Gasteiger partial charge on any atom is 0.225 e. The van der Waals surface area contributed by atoms with Crippen LogP contribution in [0.4, 0.5) is 0 Å². The smallest absolute Gasteiger partial charge is 0.225 e. The Morgan fingerprint density at radius 2 is 1.83 bits per heavy atom. The standard InChI is InChI=1S/C13H23N3O2/c1-12(11(14)18)6-7-16(9-12)10(17)8-13(15)4-2-3-5-13/h2-9,15H2,1H3,(H2,14,18). The Balaban J connectivity index is 1.93. The molecule has 1 aliphatic heterocycles. The molecule has 5 heteroatoms. The lowest BCUT2D eigenvalue weighted by Crippen LogP contribution is -2.44. The van der Waals surface area contributed by atoms with Crippen LogP contribution in [0.25, 0.3) is 0 Å². The van der Waals surface area contributed by atoms with Crippen LogP contribution in [0.1, 0.15) is 45.4 Å². The molecule has 0 aromatic rings. The first kappa shape index (κ1) is 13.3. The van der Waals surface area contributed by atoms with Crippen molar-refractivity contribution < 1.29 is 9.59 Å². The van der Waals surface area contributed by atoms with Gasteiger partial charge in [0.25, 0.3) is 0 Å². The average molecular weight is 253 g/mol. The van der Waals surface area contributed by atoms with Crippen LogP contribution < -0.4 is 11.5 Å². The normalized spacial score (nSPS) is 30.7. The van der Waals surface area contributed by atoms with E-state index in [-0.39, 0.29) is 17.4 Å². The van der Waals surface area contributed by atoms with Crippen molar-refractivity contribution in [2.24, 2.45) is 16.9 Å². The molecule has 1 saturated heterocycles. The van der Waals surface area contributed by atoms with Gasteiger partial charge in [0.05, 0.1) is 5.41 Å². The molecule has 2 rings (SSSR count). The molecule has 1 atom stereocenters. The van der Waals surface area contributed by atoms with Crippen molar-refractivity contribution in [3.05, 3.63) is 0 Å². The van der Waals surface area contributed by atoms with E-state index >= 15 is 0 Å². The second-order valence-corrected chi connectivity index (χ2v) is 6.24. The van der Waals surface area contributed by atoms with E-state index in [0.717, 1.165) is 25.7 Å². The van der Waals surface area contributed by atoms with Crippen LogP contribution in [0, 0.1) is 5.41 Å². The zero-order chi connectivity index (χ0) is 13.4. The molecular weight excluding hydrogens is 230 g/mol. The van der Waals surface area contributed by atoms with Gasteiger partial charge in [0, 0.05) is 25.0 Å². The number of hydrogen-bond donors (Lipinski definition) is 2. The van der Waals surface area contributed by atoms with Gasteiger partial charge in [0.1, 0.15) is 0 Å². The maximum absolute atomic E-state index is 12.2. The number of amides is 2. The van der Waals surface area contributed by atoms with Gasteiger partial charge in [-0.15, -0.1) is 0 Å². The Morgan fingerprint density at radius 3 is 2.33 bits per heavy atom. The Kier molecular flexibility index (Phi) is 3.36. The van der Waals surface area contributed by atoms with Crippen molar-refractivity contribution in [1.82, 2.24) is 4.90 Å². The van der Waals surface area contributed by atoms with Crippen molar-refractivity contribution in [3.63, 3.8) is 0 Å². The summed E-state index contributed by atoms with van der Waals surface area (Å²) in [6.45, 7) is 2.89. The van der Waals surface area contributed by atoms with Crippen LogP contribution in [0.15, 0.2) is 0 Å². The van der Waals surface area contributed by atoms with Crippen LogP contribution in [0.3, 0.4) is 0 Å². The Labute approximate surface area is 108 Å². The summed E-state index contributed by atoms with van der Waals surface area (Å²) in [5.41, 5.74) is 10.7. The molecule has 0 aromatic heterocycles. The minimum atomic E-state index is -0.562. The third kappa shape index (κ3) is 2.51. The average Bonchev–Trinajstić information content (AvgIpc) is 2.86. The predicted octanol–water partition coefficient (Wildman–Crippen LogP) is 0.372. The number of nitrogens with two attached hydrogens (primary N) is 2. The molecule has 5 nitrogen and oxygen atoms in total. The first-order chi connectivity index (χ1) is 8.35. The van der Waals surface area contributed by atoms with Gasteiger partial charge >= 0.3 is 0 Å². The molecule has 0 spiro atoms. The Bertz CT molecular complexity index is 363. The van der Waals surface area contributed by atoms with E-state index in [0.29, 0.717) is 25.9 Å². The zero-order valence-corrected chi connectivity index (χ0v) is 11.1. The van der Waals surface area contributed by atoms with Crippen LogP contribution >= 0.6 is 0 Å². The summed E-state index contributed by atoms with van der Waals surface area (Å²) in [6.07, 6.45) is 5.15. The van der Waals surface area contributed by atoms with Gasteiger partial charge in [-0.25, -0.2) is 0 Å². The van der Waals surface area contributed by atoms with Gasteiger partial charge in [-0.2, -0.15) is 0 Å². The summed E-state index contributed by atoms with van der Waals surface area (Å²) in [6, 6.07) is 0. The SMILES string of the molecule is CC1(C(N)=O)CCN(C(=O)CC2(N)CCCC2)C1. The summed E-state index contributed by atoms with van der Waals surface area (Å²) < 4.78 is 0. The Hall–Kier alpha value is -1.10. The van der Waals surface area contributed by atoms with Gasteiger partial charge in [-0.05, 0) is 26.2 Å². The highest BCUT2D eigenvalue weighted by molar-refractivity contribution is 5.84. The summed E-state index contributed by atoms with van der Waals surface area (Å²) >= 11 is 0. The Morgan fingerprint density at radius 1 is 1.22 bits per heavy atom. The molecule has 18 heavy (non-hydrogen) atoms. The number of likely N-dealkylation sites (tertiary alicyclic amines) is 1. The van der Waals surface area contributed by atoms with Crippen molar-refractivity contribution in [1.29, 1.82) is 0 Å². The largest absolute Gasteiger partial charge is 0.369 e. The molecule has 2 fully saturated rings. The molecule has 0 radical (unpaired) electrons. The van der Waals surface area contributed by atoms with Gasteiger partial charge in [-0.1, -0.05) is 12.8 Å². The predicted molar refractivity (Wildman–Crippen MR) is 68.5 cm³/mol. The lowest BCUT2D eigenvalue weighted by Gasteiger charge is -2.27. The molecule has 2 amide bonds. The number of primary amides is 1. The first-order valence-corrected chi connectivity index (χ1v) is 6.71. The van der Waals surface area contributed by atoms with Gasteiger partial charge in [-0.3, -0.25) is 9.59 Å². The molecule has 102 valence electrons. The zero-order valence-electron chi connectivity index (χ0n) is 11.1. The topological polar surface area (TPSA) is 89.4 Å². The molecule has 1 unspecified atom stereocenters. The van der Waals surface area contributed by atoms with E-state index in [9.17, 15) is 9.59 Å². The fraction of sp³-hybridized carbons (Fsp3) is 0.846. The molecule has 4 N–H and O–H groups in total. The first-order valence-electron chi connectivity index (χ1n) is 6.71. The molecular formula is C13H23N3O2. The monoisotopic (exact) mass is 253 g/mol. The lowest BCUT2D eigenvalue weighted by molar-refractivity contribution is -0.132. The summed E-state index contributed by atoms with van der Waals surface area (Å²) in [7, 11) is 0. The van der Waals surface area contributed by atoms with E-state index in [1.807, 2.05) is 6.92 Å². The minimum Gasteiger partial charge on any atom is -0.369 e. The fourth-order valence-electron chi connectivity index (χ4n) is 3.04. The second kappa shape index (κ2) is 4.53. The van der Waals surface area contributed by atoms with E-state index in [1.54, 1.807) is 4.90 Å². The molecule has 1 saturated carbocycles. The van der Waals surface area contributed by atoms with Crippen LogP contribution in [-0.4, -0.2) is 35.3 Å². The van der Waals surface area contributed by atoms with Crippen LogP contribution in [0.2, 0.25) is 0 Å². The van der Waals surface area contributed by atoms with Gasteiger partial charge < -0.3 is 16.4 Å². The van der Waals surface area contributed by atoms with Crippen LogP contribution in [0.5, 0.6) is 0 Å². The summed E-state index contributed by atoms with van der Waals surface area (Å²) in [5.74, 6) is -0.245. The highest BCUT2D eigenvalue weighted by atomic mass is 16.2. The van der Waals surface area contributed by atoms with E-state index in [1.165, 1.54) is 0 Å². The number of hydrogen-bond acceptors (Lipinski definition) is 3. The van der Waals surface area contributed by atoms with Gasteiger partial charge in [0.15, 0.2) is 0 Å². The van der Waals surface area contributed by atoms with Crippen molar-refractivity contribution in [2.45, 2.75) is 51.0 Å². The number of carbonyl (C=O) groups is 2. The minimum absolute atomic E-state index is 0.0735. The van der Waals surface area contributed by atoms with Crippen molar-refractivity contribution >= 4 is 11.8 Å². The third-order valence-corrected chi connectivity index (χ3v) is 4.52. The van der Waals surface area contributed by atoms with Gasteiger partial charge in [0.2, 0.25) is 11.8 Å². The molecule has 1 aliphatic carbocycles. The highest BCUT2D eigenvalue weighted by Crippen LogP contribution is 2.33. The van der Waals surface area contributed by atoms with Crippen LogP contribution in [-0.2, 0) is 9.59 Å². The summed E-state index contributed by atoms with van der Waals surface area (Å²) in [5, 5.41) is 0. The molecule has 1 heterocycles. The van der Waals surface area contributed by atoms with Crippen molar-refractivity contribution in [2.75, 3.05) is 13.1 Å². The maximum atomic E-state index is 12.2. The van der Waals surface area contributed by atoms with Crippen molar-refractivity contribution in [3.8, 4) is 0 Å². The molecule has 0 aromatic carbocycles. The van der Waals surface area contributed by atoms with E-state index in [4.69, 9.17) is 11.5 Å². The number of nitrogens with zero attached hydrogens (tertiary/aromatic N) is 1. The highest BCUT2D eigenvalue weighted by Gasteiger charge is 2.42. The third-order valence-electron chi connectivity index (χ3n) is 4.52. The van der Waals surface area contributed by atoms with E-state index in [2.05, 4.69) is 0 Å². The number of carbonyl (C=O) groups excluding carboxylic acids is 2.